The molecule has 0 spiro atoms. The molecule has 9 heteroatoms. The summed E-state index contributed by atoms with van der Waals surface area (Å²) in [4.78, 5) is 1.37. The van der Waals surface area contributed by atoms with Crippen LogP contribution >= 0.6 is 32.4 Å². The van der Waals surface area contributed by atoms with Crippen molar-refractivity contribution in [3.63, 3.8) is 0 Å². The molecular formula is C12H13ClO5S3. The number of benzene rings is 1. The van der Waals surface area contributed by atoms with Crippen molar-refractivity contribution in [3.8, 4) is 16.2 Å². The van der Waals surface area contributed by atoms with Crippen LogP contribution in [0.4, 0.5) is 0 Å². The molecule has 1 aromatic heterocycles. The van der Waals surface area contributed by atoms with Crippen molar-refractivity contribution in [2.75, 3.05) is 13.4 Å². The first-order valence-electron chi connectivity index (χ1n) is 5.49. The van der Waals surface area contributed by atoms with Crippen molar-refractivity contribution in [1.29, 1.82) is 0 Å². The molecule has 2 rings (SSSR count). The summed E-state index contributed by atoms with van der Waals surface area (Å²) in [6.07, 6.45) is 2.13. The summed E-state index contributed by atoms with van der Waals surface area (Å²) in [5.41, 5.74) is 2.67. The highest BCUT2D eigenvalue weighted by atomic mass is 35.7. The molecule has 0 aliphatic carbocycles. The molecule has 0 atom stereocenters. The molecule has 0 saturated carbocycles. The minimum absolute atomic E-state index is 0.909. The molecule has 2 aromatic rings. The molecule has 0 radical (unpaired) electrons. The van der Waals surface area contributed by atoms with E-state index in [1.165, 1.54) is 20.2 Å². The van der Waals surface area contributed by atoms with Gasteiger partial charge in [0, 0.05) is 5.56 Å². The van der Waals surface area contributed by atoms with Crippen LogP contribution in [0.25, 0.3) is 10.4 Å². The Morgan fingerprint density at radius 3 is 2.05 bits per heavy atom. The normalized spacial score (nSPS) is 10.8. The third-order valence-corrected chi connectivity index (χ3v) is 6.63. The molecule has 0 amide bonds. The van der Waals surface area contributed by atoms with Gasteiger partial charge < -0.3 is 4.74 Å². The Morgan fingerprint density at radius 1 is 1.14 bits per heavy atom. The van der Waals surface area contributed by atoms with Crippen LogP contribution in [0.2, 0.25) is 0 Å². The molecule has 21 heavy (non-hydrogen) atoms. The third kappa shape index (κ3) is 6.45. The summed E-state index contributed by atoms with van der Waals surface area (Å²) in [7, 11) is 0.451. The van der Waals surface area contributed by atoms with Crippen LogP contribution in [0.3, 0.4) is 0 Å². The number of ether oxygens (including phenoxy) is 1. The standard InChI is InChI=1S/C12H13OS3.ClHO4/c1-8-11(15-16-12(8)14-3)9-4-6-10(13-2)7-5-9;2-1(3,4)5/h4-7H,1-3H3;(H,2,3,4,5)/q+1;/p-1. The van der Waals surface area contributed by atoms with E-state index in [9.17, 15) is 0 Å². The van der Waals surface area contributed by atoms with E-state index in [1.807, 2.05) is 44.6 Å². The average molecular weight is 369 g/mol. The maximum Gasteiger partial charge on any atom is 0.308 e. The molecular weight excluding hydrogens is 356 g/mol. The Bertz CT molecular complexity index is 559. The second-order valence-electron chi connectivity index (χ2n) is 3.72. The zero-order chi connectivity index (χ0) is 16.0. The third-order valence-electron chi connectivity index (χ3n) is 2.39. The largest absolute Gasteiger partial charge is 0.497 e. The Kier molecular flexibility index (Phi) is 7.31. The van der Waals surface area contributed by atoms with Crippen molar-refractivity contribution in [1.82, 2.24) is 0 Å². The maximum absolute atomic E-state index is 8.49. The summed E-state index contributed by atoms with van der Waals surface area (Å²) in [6.45, 7) is 2.19. The zero-order valence-corrected chi connectivity index (χ0v) is 14.7. The van der Waals surface area contributed by atoms with E-state index in [-0.39, 0.29) is 0 Å². The van der Waals surface area contributed by atoms with E-state index in [0.29, 0.717) is 0 Å². The molecule has 0 aliphatic rings. The summed E-state index contributed by atoms with van der Waals surface area (Å²) >= 11 is 1.82. The highest BCUT2D eigenvalue weighted by molar-refractivity contribution is 8.02. The van der Waals surface area contributed by atoms with Crippen LogP contribution in [0.1, 0.15) is 5.56 Å². The quantitative estimate of drug-likeness (QED) is 0.430. The van der Waals surface area contributed by atoms with Gasteiger partial charge in [-0.1, -0.05) is 11.8 Å². The Hall–Kier alpha value is -0.450. The first-order chi connectivity index (χ1) is 9.76. The fraction of sp³-hybridized carbons (Fsp3) is 0.250. The lowest BCUT2D eigenvalue weighted by Gasteiger charge is -2.17. The van der Waals surface area contributed by atoms with Gasteiger partial charge in [0.05, 0.1) is 7.11 Å². The Labute approximate surface area is 136 Å². The first-order valence-corrected chi connectivity index (χ1v) is 10.1. The highest BCUT2D eigenvalue weighted by Gasteiger charge is 2.20. The van der Waals surface area contributed by atoms with Gasteiger partial charge in [-0.15, -0.1) is 10.2 Å². The topological polar surface area (TPSA) is 101 Å². The number of halogens is 1. The Morgan fingerprint density at radius 2 is 1.67 bits per heavy atom. The number of methoxy groups -OCH3 is 1. The molecule has 5 nitrogen and oxygen atoms in total. The van der Waals surface area contributed by atoms with Crippen LogP contribution in [0.5, 0.6) is 5.75 Å². The van der Waals surface area contributed by atoms with Crippen LogP contribution in [0, 0.1) is 17.2 Å². The number of hydrogen-bond acceptors (Lipinski definition) is 7. The number of hydrogen-bond donors (Lipinski definition) is 0. The molecule has 116 valence electrons. The van der Waals surface area contributed by atoms with Gasteiger partial charge >= 0.3 is 10.3 Å². The van der Waals surface area contributed by atoms with E-state index < -0.39 is 10.2 Å². The second kappa shape index (κ2) is 8.25. The molecule has 0 unspecified atom stereocenters. The molecule has 0 aliphatic heterocycles. The highest BCUT2D eigenvalue weighted by Crippen LogP contribution is 2.40. The summed E-state index contributed by atoms with van der Waals surface area (Å²) < 4.78 is 40.5. The number of rotatable bonds is 3. The van der Waals surface area contributed by atoms with Gasteiger partial charge in [-0.2, -0.15) is 0 Å². The lowest BCUT2D eigenvalue weighted by Crippen LogP contribution is -2.68. The van der Waals surface area contributed by atoms with Crippen molar-refractivity contribution in [2.45, 2.75) is 11.1 Å². The maximum atomic E-state index is 8.49. The zero-order valence-electron chi connectivity index (χ0n) is 11.5. The molecule has 0 N–H and O–H groups in total. The summed E-state index contributed by atoms with van der Waals surface area (Å²) in [6, 6.07) is 8.26. The van der Waals surface area contributed by atoms with Gasteiger partial charge in [-0.3, -0.25) is 0 Å². The van der Waals surface area contributed by atoms with Gasteiger partial charge in [-0.25, -0.2) is 18.6 Å². The Balaban J connectivity index is 0.000000383. The summed E-state index contributed by atoms with van der Waals surface area (Å²) in [5.74, 6) is 0.909. The minimum atomic E-state index is -4.94. The smallest absolute Gasteiger partial charge is 0.308 e. The predicted molar refractivity (Wildman–Crippen MR) is 75.1 cm³/mol. The van der Waals surface area contributed by atoms with Crippen molar-refractivity contribution in [2.24, 2.45) is 0 Å². The fourth-order valence-corrected chi connectivity index (χ4v) is 5.58. The van der Waals surface area contributed by atoms with Gasteiger partial charge in [-0.05, 0) is 43.0 Å². The predicted octanol–water partition coefficient (Wildman–Crippen LogP) is 0.0406. The average Bonchev–Trinajstić information content (AvgIpc) is 2.78. The van der Waals surface area contributed by atoms with Gasteiger partial charge in [0.25, 0.3) is 4.21 Å². The van der Waals surface area contributed by atoms with Crippen molar-refractivity contribution >= 4 is 32.4 Å². The van der Waals surface area contributed by atoms with Gasteiger partial charge in [0.15, 0.2) is 10.3 Å². The number of thioether (sulfide) groups is 1. The van der Waals surface area contributed by atoms with E-state index in [4.69, 9.17) is 23.4 Å². The molecule has 0 bridgehead atoms. The molecule has 0 fully saturated rings. The van der Waals surface area contributed by atoms with E-state index in [1.54, 1.807) is 7.11 Å². The van der Waals surface area contributed by atoms with Crippen LogP contribution < -0.4 is 23.4 Å². The van der Waals surface area contributed by atoms with Crippen LogP contribution in [-0.4, -0.2) is 13.4 Å². The van der Waals surface area contributed by atoms with Gasteiger partial charge in [0.2, 0.25) is 0 Å². The first kappa shape index (κ1) is 18.6. The lowest BCUT2D eigenvalue weighted by molar-refractivity contribution is -2.00. The van der Waals surface area contributed by atoms with Crippen molar-refractivity contribution in [3.05, 3.63) is 29.8 Å². The molecule has 0 saturated heterocycles. The van der Waals surface area contributed by atoms with Crippen molar-refractivity contribution < 1.29 is 33.6 Å². The minimum Gasteiger partial charge on any atom is -0.497 e. The fourth-order valence-electron chi connectivity index (χ4n) is 1.49. The SMILES string of the molecule is COc1ccc(-c2s[s+]c(SC)c2C)cc1.[O-][Cl+3]([O-])([O-])[O-]. The van der Waals surface area contributed by atoms with Crippen LogP contribution in [0.15, 0.2) is 28.5 Å². The van der Waals surface area contributed by atoms with Gasteiger partial charge in [0.1, 0.15) is 10.6 Å². The molecule has 1 aromatic carbocycles. The van der Waals surface area contributed by atoms with E-state index in [2.05, 4.69) is 25.3 Å². The van der Waals surface area contributed by atoms with E-state index >= 15 is 0 Å². The monoisotopic (exact) mass is 368 g/mol. The molecule has 1 heterocycles. The summed E-state index contributed by atoms with van der Waals surface area (Å²) in [5, 5.41) is 0. The van der Waals surface area contributed by atoms with Crippen LogP contribution in [-0.2, 0) is 0 Å². The lowest BCUT2D eigenvalue weighted by atomic mass is 10.1. The second-order valence-corrected chi connectivity index (χ2v) is 7.70. The van der Waals surface area contributed by atoms with E-state index in [0.717, 1.165) is 5.75 Å².